The van der Waals surface area contributed by atoms with E-state index in [9.17, 15) is 9.59 Å². The van der Waals surface area contributed by atoms with Crippen LogP contribution in [-0.4, -0.2) is 39.7 Å². The lowest BCUT2D eigenvalue weighted by molar-refractivity contribution is -0.128. The van der Waals surface area contributed by atoms with Gasteiger partial charge < -0.3 is 4.90 Å². The number of carbonyl (C=O) groups excluding carboxylic acids is 1. The molecule has 26 heavy (non-hydrogen) atoms. The molecule has 1 aromatic carbocycles. The number of aromatic nitrogens is 2. The highest BCUT2D eigenvalue weighted by molar-refractivity contribution is 8.00. The topological polar surface area (TPSA) is 55.2 Å². The first kappa shape index (κ1) is 20.5. The third-order valence-corrected chi connectivity index (χ3v) is 5.80. The van der Waals surface area contributed by atoms with Crippen LogP contribution in [0, 0.1) is 11.8 Å². The van der Waals surface area contributed by atoms with E-state index in [1.807, 2.05) is 38.1 Å². The molecule has 6 heteroatoms. The van der Waals surface area contributed by atoms with Crippen molar-refractivity contribution in [1.82, 2.24) is 14.5 Å². The minimum atomic E-state index is -0.275. The van der Waals surface area contributed by atoms with E-state index < -0.39 is 0 Å². The van der Waals surface area contributed by atoms with Crippen LogP contribution in [0.3, 0.4) is 0 Å². The molecule has 142 valence electrons. The number of fused-ring (bicyclic) bond motifs is 1. The van der Waals surface area contributed by atoms with Gasteiger partial charge in [-0.2, -0.15) is 0 Å². The molecular formula is C20H29N3O2S. The van der Waals surface area contributed by atoms with Gasteiger partial charge in [-0.25, -0.2) is 4.98 Å². The van der Waals surface area contributed by atoms with Gasteiger partial charge in [0.1, 0.15) is 0 Å². The Bertz CT molecular complexity index is 827. The summed E-state index contributed by atoms with van der Waals surface area (Å²) in [5.41, 5.74) is 0.652. The second kappa shape index (κ2) is 8.71. The molecule has 1 unspecified atom stereocenters. The van der Waals surface area contributed by atoms with Crippen molar-refractivity contribution in [3.05, 3.63) is 34.6 Å². The Morgan fingerprint density at radius 3 is 2.42 bits per heavy atom. The fraction of sp³-hybridized carbons (Fsp3) is 0.550. The SMILES string of the molecule is CC(C)CCn1c(SC(C(=O)N(C)C)C(C)C)nc2ccccc2c1=O. The van der Waals surface area contributed by atoms with Crippen LogP contribution in [0.2, 0.25) is 0 Å². The average Bonchev–Trinajstić information content (AvgIpc) is 2.58. The van der Waals surface area contributed by atoms with Gasteiger partial charge in [0.2, 0.25) is 5.91 Å². The van der Waals surface area contributed by atoms with E-state index in [0.29, 0.717) is 28.5 Å². The Morgan fingerprint density at radius 1 is 1.19 bits per heavy atom. The molecule has 1 heterocycles. The van der Waals surface area contributed by atoms with Gasteiger partial charge in [-0.3, -0.25) is 14.2 Å². The zero-order chi connectivity index (χ0) is 19.4. The maximum atomic E-state index is 13.0. The van der Waals surface area contributed by atoms with Crippen LogP contribution in [0.15, 0.2) is 34.2 Å². The molecule has 1 aromatic heterocycles. The number of hydrogen-bond donors (Lipinski definition) is 0. The number of hydrogen-bond acceptors (Lipinski definition) is 4. The monoisotopic (exact) mass is 375 g/mol. The standard InChI is InChI=1S/C20H29N3O2S/c1-13(2)11-12-23-18(24)15-9-7-8-10-16(15)21-20(23)26-17(14(3)4)19(25)22(5)6/h7-10,13-14,17H,11-12H2,1-6H3. The number of thioether (sulfide) groups is 1. The predicted octanol–water partition coefficient (Wildman–Crippen LogP) is 3.65. The van der Waals surface area contributed by atoms with Crippen molar-refractivity contribution < 1.29 is 4.79 Å². The molecule has 0 N–H and O–H groups in total. The highest BCUT2D eigenvalue weighted by atomic mass is 32.2. The molecule has 0 bridgehead atoms. The van der Waals surface area contributed by atoms with Crippen molar-refractivity contribution >= 4 is 28.6 Å². The van der Waals surface area contributed by atoms with Crippen molar-refractivity contribution in [3.8, 4) is 0 Å². The zero-order valence-corrected chi connectivity index (χ0v) is 17.3. The summed E-state index contributed by atoms with van der Waals surface area (Å²) < 4.78 is 1.74. The summed E-state index contributed by atoms with van der Waals surface area (Å²) in [5, 5.41) is 0.979. The van der Waals surface area contributed by atoms with Crippen LogP contribution in [-0.2, 0) is 11.3 Å². The smallest absolute Gasteiger partial charge is 0.262 e. The van der Waals surface area contributed by atoms with Crippen LogP contribution in [0.25, 0.3) is 10.9 Å². The van der Waals surface area contributed by atoms with Crippen molar-refractivity contribution in [3.63, 3.8) is 0 Å². The third-order valence-electron chi connectivity index (χ3n) is 4.28. The second-order valence-corrected chi connectivity index (χ2v) is 8.67. The van der Waals surface area contributed by atoms with Crippen LogP contribution in [0.5, 0.6) is 0 Å². The second-order valence-electron chi connectivity index (χ2n) is 7.57. The molecule has 2 aromatic rings. The number of benzene rings is 1. The first-order chi connectivity index (χ1) is 12.2. The highest BCUT2D eigenvalue weighted by Gasteiger charge is 2.27. The summed E-state index contributed by atoms with van der Waals surface area (Å²) in [6, 6.07) is 7.41. The van der Waals surface area contributed by atoms with Gasteiger partial charge in [-0.15, -0.1) is 0 Å². The third kappa shape index (κ3) is 4.67. The molecule has 0 spiro atoms. The van der Waals surface area contributed by atoms with Gasteiger partial charge in [0.25, 0.3) is 5.56 Å². The van der Waals surface area contributed by atoms with Crippen molar-refractivity contribution in [2.45, 2.75) is 51.1 Å². The Balaban J connectivity index is 2.53. The molecule has 5 nitrogen and oxygen atoms in total. The summed E-state index contributed by atoms with van der Waals surface area (Å²) >= 11 is 1.40. The van der Waals surface area contributed by atoms with Crippen molar-refractivity contribution in [1.29, 1.82) is 0 Å². The number of rotatable bonds is 7. The summed E-state index contributed by atoms with van der Waals surface area (Å²) in [6.07, 6.45) is 0.890. The van der Waals surface area contributed by atoms with Crippen molar-refractivity contribution in [2.24, 2.45) is 11.8 Å². The number of amides is 1. The average molecular weight is 376 g/mol. The molecule has 1 atom stereocenters. The largest absolute Gasteiger partial charge is 0.348 e. The fourth-order valence-corrected chi connectivity index (χ4v) is 3.93. The lowest BCUT2D eigenvalue weighted by atomic mass is 10.1. The van der Waals surface area contributed by atoms with Gasteiger partial charge in [0.15, 0.2) is 5.16 Å². The first-order valence-corrected chi connectivity index (χ1v) is 9.97. The summed E-state index contributed by atoms with van der Waals surface area (Å²) in [6.45, 7) is 8.93. The Labute approximate surface area is 159 Å². The zero-order valence-electron chi connectivity index (χ0n) is 16.5. The molecule has 1 amide bonds. The number of carbonyl (C=O) groups is 1. The van der Waals surface area contributed by atoms with Gasteiger partial charge in [0.05, 0.1) is 16.2 Å². The Morgan fingerprint density at radius 2 is 1.85 bits per heavy atom. The Kier molecular flexibility index (Phi) is 6.87. The molecule has 0 radical (unpaired) electrons. The van der Waals surface area contributed by atoms with Gasteiger partial charge in [-0.1, -0.05) is 51.6 Å². The van der Waals surface area contributed by atoms with Crippen LogP contribution >= 0.6 is 11.8 Å². The summed E-state index contributed by atoms with van der Waals surface area (Å²) in [4.78, 5) is 32.0. The van der Waals surface area contributed by atoms with E-state index in [1.54, 1.807) is 23.6 Å². The minimum Gasteiger partial charge on any atom is -0.348 e. The maximum absolute atomic E-state index is 13.0. The lowest BCUT2D eigenvalue weighted by Gasteiger charge is -2.24. The van der Waals surface area contributed by atoms with E-state index in [0.717, 1.165) is 6.42 Å². The Hall–Kier alpha value is -1.82. The fourth-order valence-electron chi connectivity index (χ4n) is 2.66. The molecule has 0 aliphatic rings. The van der Waals surface area contributed by atoms with E-state index in [-0.39, 0.29) is 22.6 Å². The lowest BCUT2D eigenvalue weighted by Crippen LogP contribution is -2.36. The summed E-state index contributed by atoms with van der Waals surface area (Å²) in [5.74, 6) is 0.662. The van der Waals surface area contributed by atoms with Gasteiger partial charge in [-0.05, 0) is 30.4 Å². The minimum absolute atomic E-state index is 0.0291. The first-order valence-electron chi connectivity index (χ1n) is 9.09. The molecule has 0 fully saturated rings. The molecule has 0 saturated carbocycles. The molecule has 0 aliphatic carbocycles. The van der Waals surface area contributed by atoms with Gasteiger partial charge in [0, 0.05) is 20.6 Å². The van der Waals surface area contributed by atoms with E-state index in [2.05, 4.69) is 13.8 Å². The number of nitrogens with zero attached hydrogens (tertiary/aromatic N) is 3. The van der Waals surface area contributed by atoms with Gasteiger partial charge >= 0.3 is 0 Å². The van der Waals surface area contributed by atoms with E-state index in [1.165, 1.54) is 11.8 Å². The number of para-hydroxylation sites is 1. The van der Waals surface area contributed by atoms with E-state index >= 15 is 0 Å². The maximum Gasteiger partial charge on any atom is 0.262 e. The highest BCUT2D eigenvalue weighted by Crippen LogP contribution is 2.29. The van der Waals surface area contributed by atoms with Crippen LogP contribution in [0.1, 0.15) is 34.1 Å². The normalized spacial score (nSPS) is 12.8. The van der Waals surface area contributed by atoms with E-state index in [4.69, 9.17) is 4.98 Å². The summed E-state index contributed by atoms with van der Waals surface area (Å²) in [7, 11) is 3.52. The molecule has 0 aliphatic heterocycles. The quantitative estimate of drug-likeness (QED) is 0.547. The molecule has 0 saturated heterocycles. The predicted molar refractivity (Wildman–Crippen MR) is 109 cm³/mol. The van der Waals surface area contributed by atoms with Crippen LogP contribution in [0.4, 0.5) is 0 Å². The molecule has 2 rings (SSSR count). The van der Waals surface area contributed by atoms with Crippen molar-refractivity contribution in [2.75, 3.05) is 14.1 Å². The molecular weight excluding hydrogens is 346 g/mol. The van der Waals surface area contributed by atoms with Crippen LogP contribution < -0.4 is 5.56 Å².